The molecule has 0 bridgehead atoms. The summed E-state index contributed by atoms with van der Waals surface area (Å²) in [4.78, 5) is 25.7. The van der Waals surface area contributed by atoms with Crippen molar-refractivity contribution in [3.63, 3.8) is 0 Å². The molecule has 1 aromatic rings. The first-order chi connectivity index (χ1) is 10.9. The summed E-state index contributed by atoms with van der Waals surface area (Å²) >= 11 is 0. The number of alkyl halides is 1. The molecule has 1 aliphatic heterocycles. The standard InChI is InChI=1S/C16H22FN3O3/c1-10-6-15(21)20(14(16(22)23)7-11-2-3-11)18-13(10)4-5-19-8-12(17)9-19/h6,11-12,14H,2-5,7-9H2,1H3,(H,22,23)/t14-/m0/s1. The van der Waals surface area contributed by atoms with E-state index in [0.717, 1.165) is 23.1 Å². The topological polar surface area (TPSA) is 75.4 Å². The van der Waals surface area contributed by atoms with E-state index in [1.54, 1.807) is 6.92 Å². The molecule has 2 fully saturated rings. The van der Waals surface area contributed by atoms with Gasteiger partial charge in [0.05, 0.1) is 5.69 Å². The van der Waals surface area contributed by atoms with E-state index in [-0.39, 0.29) is 5.56 Å². The van der Waals surface area contributed by atoms with Crippen LogP contribution in [0, 0.1) is 12.8 Å². The van der Waals surface area contributed by atoms with Gasteiger partial charge in [-0.3, -0.25) is 9.69 Å². The van der Waals surface area contributed by atoms with Crippen LogP contribution in [0.3, 0.4) is 0 Å². The highest BCUT2D eigenvalue weighted by Crippen LogP contribution is 2.36. The van der Waals surface area contributed by atoms with Gasteiger partial charge in [0.25, 0.3) is 5.56 Å². The van der Waals surface area contributed by atoms with Gasteiger partial charge in [-0.2, -0.15) is 5.10 Å². The molecule has 7 heteroatoms. The molecular weight excluding hydrogens is 301 g/mol. The van der Waals surface area contributed by atoms with Crippen molar-refractivity contribution in [2.24, 2.45) is 5.92 Å². The van der Waals surface area contributed by atoms with Gasteiger partial charge in [-0.05, 0) is 24.8 Å². The summed E-state index contributed by atoms with van der Waals surface area (Å²) in [5.74, 6) is -0.624. The molecule has 1 aromatic heterocycles. The fourth-order valence-electron chi connectivity index (χ4n) is 2.99. The Kier molecular flexibility index (Phi) is 4.48. The molecular formula is C16H22FN3O3. The molecule has 1 saturated carbocycles. The molecule has 1 N–H and O–H groups in total. The number of carboxylic acids is 1. The SMILES string of the molecule is Cc1cc(=O)n([C@@H](CC2CC2)C(=O)O)nc1CCN1CC(F)C1. The first kappa shape index (κ1) is 16.1. The lowest BCUT2D eigenvalue weighted by molar-refractivity contribution is -0.141. The van der Waals surface area contributed by atoms with Gasteiger partial charge >= 0.3 is 5.97 Å². The molecule has 23 heavy (non-hydrogen) atoms. The monoisotopic (exact) mass is 323 g/mol. The van der Waals surface area contributed by atoms with Gasteiger partial charge in [-0.1, -0.05) is 12.8 Å². The van der Waals surface area contributed by atoms with Crippen LogP contribution in [0.4, 0.5) is 4.39 Å². The zero-order chi connectivity index (χ0) is 16.6. The van der Waals surface area contributed by atoms with Gasteiger partial charge in [0.15, 0.2) is 6.04 Å². The highest BCUT2D eigenvalue weighted by molar-refractivity contribution is 5.71. The Hall–Kier alpha value is -1.76. The highest BCUT2D eigenvalue weighted by Gasteiger charge is 2.32. The fourth-order valence-corrected chi connectivity index (χ4v) is 2.99. The molecule has 0 aromatic carbocycles. The second-order valence-electron chi connectivity index (χ2n) is 6.70. The van der Waals surface area contributed by atoms with Crippen LogP contribution in [0.5, 0.6) is 0 Å². The van der Waals surface area contributed by atoms with E-state index >= 15 is 0 Å². The van der Waals surface area contributed by atoms with Crippen molar-refractivity contribution < 1.29 is 14.3 Å². The molecule has 2 heterocycles. The summed E-state index contributed by atoms with van der Waals surface area (Å²) in [5.41, 5.74) is 1.11. The molecule has 126 valence electrons. The van der Waals surface area contributed by atoms with Gasteiger partial charge in [-0.15, -0.1) is 0 Å². The van der Waals surface area contributed by atoms with Crippen molar-refractivity contribution in [1.82, 2.24) is 14.7 Å². The van der Waals surface area contributed by atoms with Crippen LogP contribution in [0.25, 0.3) is 0 Å². The van der Waals surface area contributed by atoms with E-state index in [9.17, 15) is 19.1 Å². The smallest absolute Gasteiger partial charge is 0.328 e. The van der Waals surface area contributed by atoms with Crippen molar-refractivity contribution in [3.05, 3.63) is 27.7 Å². The van der Waals surface area contributed by atoms with E-state index < -0.39 is 18.2 Å². The first-order valence-electron chi connectivity index (χ1n) is 8.12. The maximum Gasteiger partial charge on any atom is 0.328 e. The number of aryl methyl sites for hydroxylation is 1. The normalized spacial score (nSPS) is 20.3. The van der Waals surface area contributed by atoms with Crippen LogP contribution >= 0.6 is 0 Å². The summed E-state index contributed by atoms with van der Waals surface area (Å²) in [6.07, 6.45) is 2.36. The number of aliphatic carboxylic acids is 1. The molecule has 1 saturated heterocycles. The van der Waals surface area contributed by atoms with E-state index in [0.29, 0.717) is 44.1 Å². The maximum absolute atomic E-state index is 12.8. The number of rotatable bonds is 7. The molecule has 0 unspecified atom stereocenters. The third-order valence-electron chi connectivity index (χ3n) is 4.66. The van der Waals surface area contributed by atoms with Crippen LogP contribution in [-0.4, -0.2) is 51.6 Å². The molecule has 3 rings (SSSR count). The van der Waals surface area contributed by atoms with E-state index in [1.165, 1.54) is 6.07 Å². The van der Waals surface area contributed by atoms with Gasteiger partial charge in [-0.25, -0.2) is 13.9 Å². The van der Waals surface area contributed by atoms with Crippen molar-refractivity contribution >= 4 is 5.97 Å². The second kappa shape index (κ2) is 6.39. The minimum absolute atomic E-state index is 0.368. The number of nitrogens with zero attached hydrogens (tertiary/aromatic N) is 3. The first-order valence-corrected chi connectivity index (χ1v) is 8.12. The summed E-state index contributed by atoms with van der Waals surface area (Å²) < 4.78 is 14.0. The van der Waals surface area contributed by atoms with E-state index in [2.05, 4.69) is 5.10 Å². The average Bonchev–Trinajstić information content (AvgIpc) is 3.25. The zero-order valence-corrected chi connectivity index (χ0v) is 13.2. The average molecular weight is 323 g/mol. The van der Waals surface area contributed by atoms with E-state index in [1.807, 2.05) is 4.90 Å². The zero-order valence-electron chi connectivity index (χ0n) is 13.2. The molecule has 0 spiro atoms. The summed E-state index contributed by atoms with van der Waals surface area (Å²) in [6.45, 7) is 3.36. The number of likely N-dealkylation sites (tertiary alicyclic amines) is 1. The Labute approximate surface area is 133 Å². The van der Waals surface area contributed by atoms with Crippen molar-refractivity contribution in [1.29, 1.82) is 0 Å². The number of hydrogen-bond acceptors (Lipinski definition) is 4. The number of carbonyl (C=O) groups is 1. The Balaban J connectivity index is 1.77. The lowest BCUT2D eigenvalue weighted by Gasteiger charge is -2.34. The minimum Gasteiger partial charge on any atom is -0.480 e. The van der Waals surface area contributed by atoms with Crippen LogP contribution in [0.2, 0.25) is 0 Å². The largest absolute Gasteiger partial charge is 0.480 e. The highest BCUT2D eigenvalue weighted by atomic mass is 19.1. The number of carboxylic acid groups (broad SMARTS) is 1. The molecule has 2 aliphatic rings. The van der Waals surface area contributed by atoms with E-state index in [4.69, 9.17) is 0 Å². The Morgan fingerprint density at radius 1 is 1.48 bits per heavy atom. The van der Waals surface area contributed by atoms with Gasteiger partial charge in [0, 0.05) is 32.1 Å². The predicted molar refractivity (Wildman–Crippen MR) is 82.3 cm³/mol. The molecule has 1 aliphatic carbocycles. The van der Waals surface area contributed by atoms with Crippen LogP contribution in [-0.2, 0) is 11.2 Å². The Bertz CT molecular complexity index is 650. The molecule has 0 amide bonds. The molecule has 1 atom stereocenters. The maximum atomic E-state index is 12.8. The summed E-state index contributed by atoms with van der Waals surface area (Å²) in [5, 5.41) is 13.8. The Morgan fingerprint density at radius 3 is 2.74 bits per heavy atom. The lowest BCUT2D eigenvalue weighted by Crippen LogP contribution is -2.49. The Morgan fingerprint density at radius 2 is 2.17 bits per heavy atom. The fraction of sp³-hybridized carbons (Fsp3) is 0.688. The number of aromatic nitrogens is 2. The van der Waals surface area contributed by atoms with Crippen molar-refractivity contribution in [2.75, 3.05) is 19.6 Å². The van der Waals surface area contributed by atoms with Crippen LogP contribution in [0.1, 0.15) is 36.6 Å². The third kappa shape index (κ3) is 3.77. The van der Waals surface area contributed by atoms with Crippen molar-refractivity contribution in [2.45, 2.75) is 44.8 Å². The number of halogens is 1. The molecule has 6 nitrogen and oxygen atoms in total. The second-order valence-corrected chi connectivity index (χ2v) is 6.70. The predicted octanol–water partition coefficient (Wildman–Crippen LogP) is 1.17. The summed E-state index contributed by atoms with van der Waals surface area (Å²) in [7, 11) is 0. The van der Waals surface area contributed by atoms with Crippen molar-refractivity contribution in [3.8, 4) is 0 Å². The van der Waals surface area contributed by atoms with Crippen LogP contribution in [0.15, 0.2) is 10.9 Å². The minimum atomic E-state index is -1.01. The van der Waals surface area contributed by atoms with Crippen LogP contribution < -0.4 is 5.56 Å². The summed E-state index contributed by atoms with van der Waals surface area (Å²) in [6, 6.07) is 0.563. The third-order valence-corrected chi connectivity index (χ3v) is 4.66. The van der Waals surface area contributed by atoms with Gasteiger partial charge in [0.2, 0.25) is 0 Å². The van der Waals surface area contributed by atoms with Gasteiger partial charge in [0.1, 0.15) is 6.17 Å². The van der Waals surface area contributed by atoms with Gasteiger partial charge < -0.3 is 5.11 Å². The molecule has 0 radical (unpaired) electrons. The quantitative estimate of drug-likeness (QED) is 0.815. The number of hydrogen-bond donors (Lipinski definition) is 1. The lowest BCUT2D eigenvalue weighted by atomic mass is 10.1.